The number of nitrogens with zero attached hydrogens (tertiary/aromatic N) is 2. The van der Waals surface area contributed by atoms with Gasteiger partial charge < -0.3 is 9.47 Å². The van der Waals surface area contributed by atoms with Gasteiger partial charge in [-0.3, -0.25) is 0 Å². The van der Waals surface area contributed by atoms with E-state index >= 15 is 0 Å². The summed E-state index contributed by atoms with van der Waals surface area (Å²) >= 11 is 0. The first-order valence-electron chi connectivity index (χ1n) is 19.3. The monoisotopic (exact) mass is 712 g/mol. The number of rotatable bonds is 6. The smallest absolute Gasteiger partial charge is 0.0547 e. The Morgan fingerprint density at radius 1 is 0.286 bits per heavy atom. The summed E-state index contributed by atoms with van der Waals surface area (Å²) in [5, 5.41) is 10.0. The Labute approximate surface area is 325 Å². The van der Waals surface area contributed by atoms with Gasteiger partial charge in [0.2, 0.25) is 0 Å². The molecule has 262 valence electrons. The third-order valence-corrected chi connectivity index (χ3v) is 11.3. The molecule has 0 N–H and O–H groups in total. The molecule has 0 saturated heterocycles. The Hall–Kier alpha value is -7.42. The number of benzene rings is 10. The van der Waals surface area contributed by atoms with Crippen LogP contribution in [0.2, 0.25) is 0 Å². The van der Waals surface area contributed by atoms with Gasteiger partial charge in [0.1, 0.15) is 0 Å². The van der Waals surface area contributed by atoms with Gasteiger partial charge in [-0.2, -0.15) is 0 Å². The van der Waals surface area contributed by atoms with E-state index in [1.807, 2.05) is 0 Å². The van der Waals surface area contributed by atoms with Crippen molar-refractivity contribution >= 4 is 71.2 Å². The summed E-state index contributed by atoms with van der Waals surface area (Å²) in [6.07, 6.45) is 0. The molecule has 0 unspecified atom stereocenters. The van der Waals surface area contributed by atoms with Gasteiger partial charge in [0, 0.05) is 33.5 Å². The van der Waals surface area contributed by atoms with Crippen LogP contribution in [0, 0.1) is 0 Å². The van der Waals surface area contributed by atoms with Crippen molar-refractivity contribution in [3.63, 3.8) is 0 Å². The molecular weight excluding hydrogens is 677 g/mol. The third-order valence-electron chi connectivity index (χ3n) is 11.3. The number of fused-ring (bicyclic) bond motifs is 6. The van der Waals surface area contributed by atoms with E-state index in [-0.39, 0.29) is 0 Å². The molecular formula is C54H36N2. The number of hydrogen-bond donors (Lipinski definition) is 0. The van der Waals surface area contributed by atoms with Gasteiger partial charge in [0.05, 0.1) is 11.0 Å². The largest absolute Gasteiger partial charge is 0.310 e. The highest BCUT2D eigenvalue weighted by Gasteiger charge is 2.18. The summed E-state index contributed by atoms with van der Waals surface area (Å²) in [4.78, 5) is 2.38. The lowest BCUT2D eigenvalue weighted by Crippen LogP contribution is -2.10. The summed E-state index contributed by atoms with van der Waals surface area (Å²) in [6.45, 7) is 0. The molecule has 0 radical (unpaired) electrons. The maximum atomic E-state index is 2.42. The van der Waals surface area contributed by atoms with Crippen LogP contribution in [0.4, 0.5) is 17.1 Å². The summed E-state index contributed by atoms with van der Waals surface area (Å²) in [6, 6.07) is 79.6. The van der Waals surface area contributed by atoms with Crippen LogP contribution in [0.25, 0.3) is 82.1 Å². The van der Waals surface area contributed by atoms with Gasteiger partial charge in [-0.25, -0.2) is 0 Å². The molecule has 0 amide bonds. The first-order chi connectivity index (χ1) is 27.7. The van der Waals surface area contributed by atoms with Crippen molar-refractivity contribution in [3.8, 4) is 27.9 Å². The second kappa shape index (κ2) is 13.2. The first-order valence-corrected chi connectivity index (χ1v) is 19.3. The van der Waals surface area contributed by atoms with E-state index in [0.29, 0.717) is 0 Å². The van der Waals surface area contributed by atoms with E-state index in [1.165, 1.54) is 76.4 Å². The topological polar surface area (TPSA) is 8.17 Å². The highest BCUT2D eigenvalue weighted by Crippen LogP contribution is 2.40. The molecule has 10 aromatic carbocycles. The summed E-state index contributed by atoms with van der Waals surface area (Å²) in [5.74, 6) is 0. The maximum absolute atomic E-state index is 2.42. The molecule has 1 aromatic heterocycles. The van der Waals surface area contributed by atoms with Crippen LogP contribution in [0.3, 0.4) is 0 Å². The van der Waals surface area contributed by atoms with E-state index in [9.17, 15) is 0 Å². The fraction of sp³-hybridized carbons (Fsp3) is 0. The lowest BCUT2D eigenvalue weighted by Gasteiger charge is -2.27. The van der Waals surface area contributed by atoms with E-state index < -0.39 is 0 Å². The van der Waals surface area contributed by atoms with Crippen molar-refractivity contribution in [2.24, 2.45) is 0 Å². The zero-order valence-corrected chi connectivity index (χ0v) is 30.7. The first kappa shape index (κ1) is 32.0. The minimum Gasteiger partial charge on any atom is -0.310 e. The van der Waals surface area contributed by atoms with Gasteiger partial charge >= 0.3 is 0 Å². The fourth-order valence-electron chi connectivity index (χ4n) is 8.59. The van der Waals surface area contributed by atoms with E-state index in [4.69, 9.17) is 0 Å². The molecule has 2 heteroatoms. The third kappa shape index (κ3) is 5.42. The standard InChI is InChI=1S/C54H36N2/c1-2-13-41-33-44(24-23-37(41)11-1)38-25-29-45(30-26-38)55(46-31-27-40(28-32-46)50-21-9-16-39-12-5-6-19-49(39)50)47-17-10-18-48(36-47)56-53-22-8-7-20-51(53)52-34-42-14-3-4-15-43(42)35-54(52)56/h1-36H. The van der Waals surface area contributed by atoms with Gasteiger partial charge in [0.25, 0.3) is 0 Å². The molecule has 0 aliphatic carbocycles. The summed E-state index contributed by atoms with van der Waals surface area (Å²) in [7, 11) is 0. The highest BCUT2D eigenvalue weighted by atomic mass is 15.1. The van der Waals surface area contributed by atoms with Gasteiger partial charge in [0.15, 0.2) is 0 Å². The van der Waals surface area contributed by atoms with E-state index in [0.717, 1.165) is 22.7 Å². The van der Waals surface area contributed by atoms with Crippen molar-refractivity contribution < 1.29 is 0 Å². The second-order valence-electron chi connectivity index (χ2n) is 14.6. The Kier molecular flexibility index (Phi) is 7.53. The predicted molar refractivity (Wildman–Crippen MR) is 239 cm³/mol. The molecule has 0 fully saturated rings. The normalized spacial score (nSPS) is 11.6. The van der Waals surface area contributed by atoms with Crippen molar-refractivity contribution in [2.45, 2.75) is 0 Å². The molecule has 0 aliphatic heterocycles. The maximum Gasteiger partial charge on any atom is 0.0547 e. The van der Waals surface area contributed by atoms with Crippen molar-refractivity contribution in [1.29, 1.82) is 0 Å². The van der Waals surface area contributed by atoms with Crippen LogP contribution in [0.1, 0.15) is 0 Å². The molecule has 2 nitrogen and oxygen atoms in total. The molecule has 11 aromatic rings. The predicted octanol–water partition coefficient (Wildman–Crippen LogP) is 15.0. The summed E-state index contributed by atoms with van der Waals surface area (Å²) in [5.41, 5.74) is 11.6. The zero-order valence-electron chi connectivity index (χ0n) is 30.7. The van der Waals surface area contributed by atoms with Gasteiger partial charge in [-0.05, 0) is 121 Å². The minimum atomic E-state index is 1.09. The minimum absolute atomic E-state index is 1.09. The van der Waals surface area contributed by atoms with E-state index in [1.54, 1.807) is 0 Å². The Balaban J connectivity index is 1.06. The van der Waals surface area contributed by atoms with Crippen molar-refractivity contribution in [2.75, 3.05) is 4.90 Å². The SMILES string of the molecule is c1cc(N(c2ccc(-c3ccc4ccccc4c3)cc2)c2ccc(-c3cccc4ccccc34)cc2)cc(-n2c3ccccc3c3cc4ccccc4cc32)c1. The van der Waals surface area contributed by atoms with Crippen LogP contribution < -0.4 is 4.90 Å². The molecule has 0 aliphatic rings. The Morgan fingerprint density at radius 3 is 1.62 bits per heavy atom. The Morgan fingerprint density at radius 2 is 0.857 bits per heavy atom. The molecule has 0 bridgehead atoms. The van der Waals surface area contributed by atoms with Crippen molar-refractivity contribution in [3.05, 3.63) is 218 Å². The number of hydrogen-bond acceptors (Lipinski definition) is 1. The van der Waals surface area contributed by atoms with Crippen LogP contribution in [0.5, 0.6) is 0 Å². The summed E-state index contributed by atoms with van der Waals surface area (Å²) < 4.78 is 2.42. The number of para-hydroxylation sites is 1. The number of anilines is 3. The second-order valence-corrected chi connectivity index (χ2v) is 14.6. The average molecular weight is 713 g/mol. The molecule has 0 spiro atoms. The van der Waals surface area contributed by atoms with Crippen LogP contribution in [-0.4, -0.2) is 4.57 Å². The molecule has 56 heavy (non-hydrogen) atoms. The van der Waals surface area contributed by atoms with Gasteiger partial charge in [-0.1, -0.05) is 152 Å². The molecule has 0 atom stereocenters. The highest BCUT2D eigenvalue weighted by molar-refractivity contribution is 6.13. The van der Waals surface area contributed by atoms with E-state index in [2.05, 4.69) is 228 Å². The quantitative estimate of drug-likeness (QED) is 0.167. The van der Waals surface area contributed by atoms with Crippen LogP contribution in [0.15, 0.2) is 218 Å². The van der Waals surface area contributed by atoms with Crippen molar-refractivity contribution in [1.82, 2.24) is 4.57 Å². The Bertz CT molecular complexity index is 3240. The molecule has 11 rings (SSSR count). The fourth-order valence-corrected chi connectivity index (χ4v) is 8.59. The molecule has 1 heterocycles. The van der Waals surface area contributed by atoms with Gasteiger partial charge in [-0.15, -0.1) is 0 Å². The average Bonchev–Trinajstić information content (AvgIpc) is 3.59. The lowest BCUT2D eigenvalue weighted by molar-refractivity contribution is 1.17. The lowest BCUT2D eigenvalue weighted by atomic mass is 9.98. The molecule has 0 saturated carbocycles. The van der Waals surface area contributed by atoms with Crippen LogP contribution in [-0.2, 0) is 0 Å². The van der Waals surface area contributed by atoms with Crippen LogP contribution >= 0.6 is 0 Å². The number of aromatic nitrogens is 1. The zero-order chi connectivity index (χ0) is 37.0.